The van der Waals surface area contributed by atoms with Crippen molar-refractivity contribution in [1.82, 2.24) is 0 Å². The Bertz CT molecular complexity index is 536. The van der Waals surface area contributed by atoms with Gasteiger partial charge in [0, 0.05) is 5.41 Å². The Hall–Kier alpha value is -0.600. The third kappa shape index (κ3) is 1.80. The van der Waals surface area contributed by atoms with Crippen molar-refractivity contribution in [3.63, 3.8) is 0 Å². The monoisotopic (exact) mass is 302 g/mol. The summed E-state index contributed by atoms with van der Waals surface area (Å²) in [6.07, 6.45) is 9.54. The second kappa shape index (κ2) is 4.70. The van der Waals surface area contributed by atoms with Gasteiger partial charge in [0.1, 0.15) is 0 Å². The zero-order valence-electron chi connectivity index (χ0n) is 14.0. The molecule has 4 fully saturated rings. The molecule has 7 unspecified atom stereocenters. The molecule has 22 heavy (non-hydrogen) atoms. The van der Waals surface area contributed by atoms with Crippen molar-refractivity contribution in [3.8, 4) is 0 Å². The Balaban J connectivity index is 1.59. The minimum Gasteiger partial charge on any atom is -0.389 e. The zero-order valence-corrected chi connectivity index (χ0v) is 14.0. The van der Waals surface area contributed by atoms with Gasteiger partial charge < -0.3 is 10.2 Å². The molecule has 122 valence electrons. The summed E-state index contributed by atoms with van der Waals surface area (Å²) in [5.41, 5.74) is 2.64. The van der Waals surface area contributed by atoms with Crippen molar-refractivity contribution in [2.45, 2.75) is 71.0 Å². The third-order valence-corrected chi connectivity index (χ3v) is 8.00. The van der Waals surface area contributed by atoms with Gasteiger partial charge >= 0.3 is 0 Å². The molecule has 0 aromatic rings. The molecule has 0 spiro atoms. The van der Waals surface area contributed by atoms with Crippen LogP contribution in [0.4, 0.5) is 0 Å². The average molecular weight is 302 g/mol. The molecule has 0 aliphatic heterocycles. The number of hydrogen-bond donors (Lipinski definition) is 2. The molecule has 2 nitrogen and oxygen atoms in total. The Morgan fingerprint density at radius 3 is 2.82 bits per heavy atom. The minimum atomic E-state index is -0.435. The van der Waals surface area contributed by atoms with E-state index in [4.69, 9.17) is 0 Å². The van der Waals surface area contributed by atoms with Gasteiger partial charge in [0.25, 0.3) is 0 Å². The van der Waals surface area contributed by atoms with Crippen molar-refractivity contribution in [3.05, 3.63) is 23.8 Å². The molecule has 0 saturated heterocycles. The summed E-state index contributed by atoms with van der Waals surface area (Å²) in [4.78, 5) is 0. The Labute approximate surface area is 134 Å². The Morgan fingerprint density at radius 2 is 2.14 bits per heavy atom. The molecular formula is C20H30O2. The van der Waals surface area contributed by atoms with E-state index in [0.29, 0.717) is 17.3 Å². The highest BCUT2D eigenvalue weighted by atomic mass is 16.3. The van der Waals surface area contributed by atoms with Crippen molar-refractivity contribution in [2.24, 2.45) is 28.6 Å². The van der Waals surface area contributed by atoms with E-state index in [1.165, 1.54) is 31.3 Å². The van der Waals surface area contributed by atoms with E-state index in [1.807, 2.05) is 0 Å². The number of hydrogen-bond acceptors (Lipinski definition) is 2. The van der Waals surface area contributed by atoms with Crippen LogP contribution in [0.5, 0.6) is 0 Å². The first-order valence-corrected chi connectivity index (χ1v) is 9.15. The molecule has 0 radical (unpaired) electrons. The van der Waals surface area contributed by atoms with Crippen LogP contribution in [0, 0.1) is 28.6 Å². The summed E-state index contributed by atoms with van der Waals surface area (Å²) in [5, 5.41) is 20.9. The topological polar surface area (TPSA) is 40.5 Å². The number of allylic oxidation sites excluding steroid dienone is 1. The van der Waals surface area contributed by atoms with Crippen molar-refractivity contribution < 1.29 is 10.2 Å². The fourth-order valence-corrected chi connectivity index (χ4v) is 6.16. The zero-order chi connectivity index (χ0) is 15.7. The van der Waals surface area contributed by atoms with Gasteiger partial charge in [-0.05, 0) is 73.7 Å². The SMILES string of the molecule is C=C1C(O)CC2CC12C(O)/C=C1\CCCC2(C)C(C)CCC12. The quantitative estimate of drug-likeness (QED) is 0.761. The van der Waals surface area contributed by atoms with Gasteiger partial charge in [0.2, 0.25) is 0 Å². The van der Waals surface area contributed by atoms with E-state index in [9.17, 15) is 10.2 Å². The second-order valence-electron chi connectivity index (χ2n) is 8.79. The van der Waals surface area contributed by atoms with Gasteiger partial charge in [-0.25, -0.2) is 0 Å². The maximum absolute atomic E-state index is 10.9. The highest BCUT2D eigenvalue weighted by Crippen LogP contribution is 2.68. The maximum atomic E-state index is 10.9. The molecule has 4 aliphatic carbocycles. The number of aliphatic hydroxyl groups excluding tert-OH is 2. The molecule has 4 saturated carbocycles. The largest absolute Gasteiger partial charge is 0.389 e. The fraction of sp³-hybridized carbons (Fsp3) is 0.800. The van der Waals surface area contributed by atoms with Gasteiger partial charge in [-0.3, -0.25) is 0 Å². The summed E-state index contributed by atoms with van der Waals surface area (Å²) in [7, 11) is 0. The summed E-state index contributed by atoms with van der Waals surface area (Å²) in [6, 6.07) is 0. The molecule has 2 heteroatoms. The summed E-state index contributed by atoms with van der Waals surface area (Å²) in [5.74, 6) is 1.92. The van der Waals surface area contributed by atoms with Crippen LogP contribution in [0.25, 0.3) is 0 Å². The average Bonchev–Trinajstić information content (AvgIpc) is 3.04. The first-order valence-electron chi connectivity index (χ1n) is 9.15. The molecule has 0 amide bonds. The lowest BCUT2D eigenvalue weighted by Crippen LogP contribution is -2.33. The van der Waals surface area contributed by atoms with E-state index >= 15 is 0 Å². The Morgan fingerprint density at radius 1 is 1.36 bits per heavy atom. The van der Waals surface area contributed by atoms with Crippen molar-refractivity contribution >= 4 is 0 Å². The maximum Gasteiger partial charge on any atom is 0.0820 e. The lowest BCUT2D eigenvalue weighted by atomic mass is 9.63. The second-order valence-corrected chi connectivity index (χ2v) is 8.79. The molecular weight excluding hydrogens is 272 g/mol. The van der Waals surface area contributed by atoms with Crippen LogP contribution in [0.3, 0.4) is 0 Å². The highest BCUT2D eigenvalue weighted by Gasteiger charge is 2.65. The van der Waals surface area contributed by atoms with Crippen LogP contribution in [-0.2, 0) is 0 Å². The lowest BCUT2D eigenvalue weighted by Gasteiger charge is -2.42. The number of rotatable bonds is 2. The van der Waals surface area contributed by atoms with Gasteiger partial charge in [-0.15, -0.1) is 0 Å². The van der Waals surface area contributed by atoms with Crippen LogP contribution in [0.2, 0.25) is 0 Å². The molecule has 2 N–H and O–H groups in total. The van der Waals surface area contributed by atoms with Gasteiger partial charge in [-0.1, -0.05) is 32.1 Å². The van der Waals surface area contributed by atoms with Gasteiger partial charge in [0.05, 0.1) is 12.2 Å². The van der Waals surface area contributed by atoms with E-state index in [0.717, 1.165) is 30.8 Å². The van der Waals surface area contributed by atoms with Crippen LogP contribution in [-0.4, -0.2) is 22.4 Å². The fourth-order valence-electron chi connectivity index (χ4n) is 6.16. The van der Waals surface area contributed by atoms with Gasteiger partial charge in [0.15, 0.2) is 0 Å². The number of fused-ring (bicyclic) bond motifs is 2. The summed E-state index contributed by atoms with van der Waals surface area (Å²) < 4.78 is 0. The molecule has 0 bridgehead atoms. The first-order chi connectivity index (χ1) is 10.4. The van der Waals surface area contributed by atoms with Crippen molar-refractivity contribution in [1.29, 1.82) is 0 Å². The lowest BCUT2D eigenvalue weighted by molar-refractivity contribution is 0.129. The number of aliphatic hydroxyl groups is 2. The van der Waals surface area contributed by atoms with E-state index in [-0.39, 0.29) is 5.41 Å². The van der Waals surface area contributed by atoms with Gasteiger partial charge in [-0.2, -0.15) is 0 Å². The molecule has 0 aromatic heterocycles. The smallest absolute Gasteiger partial charge is 0.0820 e. The molecule has 4 rings (SSSR count). The van der Waals surface area contributed by atoms with Crippen LogP contribution in [0.1, 0.15) is 58.8 Å². The molecule has 0 aromatic carbocycles. The predicted octanol–water partition coefficient (Wildman–Crippen LogP) is 3.84. The summed E-state index contributed by atoms with van der Waals surface area (Å²) >= 11 is 0. The van der Waals surface area contributed by atoms with Crippen molar-refractivity contribution in [2.75, 3.05) is 0 Å². The Kier molecular flexibility index (Phi) is 3.20. The molecule has 4 aliphatic rings. The van der Waals surface area contributed by atoms with Crippen LogP contribution >= 0.6 is 0 Å². The first kappa shape index (κ1) is 15.0. The van der Waals surface area contributed by atoms with E-state index in [1.54, 1.807) is 0 Å². The predicted molar refractivity (Wildman–Crippen MR) is 88.2 cm³/mol. The van der Waals surface area contributed by atoms with Crippen LogP contribution < -0.4 is 0 Å². The molecule has 0 heterocycles. The summed E-state index contributed by atoms with van der Waals surface area (Å²) in [6.45, 7) is 8.97. The normalized spacial score (nSPS) is 53.5. The minimum absolute atomic E-state index is 0.190. The molecule has 7 atom stereocenters. The highest BCUT2D eigenvalue weighted by molar-refractivity contribution is 5.37. The standard InChI is InChI=1S/C20H30O2/c1-12-6-7-16-14(5-4-8-19(12,16)3)9-18(22)20-11-15(20)10-17(21)13(20)2/h9,12,15-18,21-22H,2,4-8,10-11H2,1,3H3/b14-9+. The van der Waals surface area contributed by atoms with Crippen LogP contribution in [0.15, 0.2) is 23.8 Å². The van der Waals surface area contributed by atoms with E-state index in [2.05, 4.69) is 26.5 Å². The third-order valence-electron chi connectivity index (χ3n) is 8.00. The van der Waals surface area contributed by atoms with E-state index < -0.39 is 12.2 Å².